The number of hydrogen-bond donors (Lipinski definition) is 6. The molecule has 0 amide bonds. The van der Waals surface area contributed by atoms with Gasteiger partial charge in [-0.05, 0) is 0 Å². The van der Waals surface area contributed by atoms with E-state index in [4.69, 9.17) is 45.6 Å². The first-order valence-corrected chi connectivity index (χ1v) is 4.39. The molecule has 6 N–H and O–H groups in total. The molecule has 0 aromatic carbocycles. The standard InChI is InChI=1S/K.2H2O4S.H2O2.H/c;2*1-5(2,3)4;1-2;/h;2*(H2,1,2,3,4);1-2H;. The van der Waals surface area contributed by atoms with Crippen molar-refractivity contribution in [2.45, 2.75) is 0 Å². The molecular weight excluding hydrogens is 263 g/mol. The molecule has 13 heteroatoms. The average Bonchev–Trinajstić information content (AvgIpc) is 1.59. The Labute approximate surface area is 116 Å². The van der Waals surface area contributed by atoms with Crippen LogP contribution >= 0.6 is 0 Å². The molecule has 0 rings (SSSR count). The quantitative estimate of drug-likeness (QED) is 0.125. The Morgan fingerprint density at radius 1 is 0.615 bits per heavy atom. The Balaban J connectivity index is -0.0000000491. The second kappa shape index (κ2) is 11.4. The van der Waals surface area contributed by atoms with Gasteiger partial charge in [0.15, 0.2) is 0 Å². The average molecular weight is 270 g/mol. The van der Waals surface area contributed by atoms with E-state index in [1.165, 1.54) is 0 Å². The molecule has 10 nitrogen and oxygen atoms in total. The zero-order valence-corrected chi connectivity index (χ0v) is 6.77. The SMILES string of the molecule is O=S(=O)(O)O.O=S(=O)(O)O.OO.[KH]. The molecule has 0 aromatic rings. The maximum atomic E-state index is 8.74. The summed E-state index contributed by atoms with van der Waals surface area (Å²) < 4.78 is 63.2. The fourth-order valence-electron chi connectivity index (χ4n) is 0. The molecule has 0 aliphatic heterocycles. The molecule has 0 atom stereocenters. The van der Waals surface area contributed by atoms with Crippen molar-refractivity contribution in [3.63, 3.8) is 0 Å². The first kappa shape index (κ1) is 23.8. The summed E-state index contributed by atoms with van der Waals surface area (Å²) in [5, 5.41) is 12.0. The van der Waals surface area contributed by atoms with Crippen molar-refractivity contribution in [3.05, 3.63) is 0 Å². The molecule has 0 radical (unpaired) electrons. The summed E-state index contributed by atoms with van der Waals surface area (Å²) in [6, 6.07) is 0. The summed E-state index contributed by atoms with van der Waals surface area (Å²) in [7, 11) is -9.33. The monoisotopic (exact) mass is 270 g/mol. The van der Waals surface area contributed by atoms with Crippen molar-refractivity contribution in [1.29, 1.82) is 0 Å². The second-order valence-electron chi connectivity index (χ2n) is 0.896. The fraction of sp³-hybridized carbons (Fsp3) is 0. The van der Waals surface area contributed by atoms with Crippen LogP contribution in [0.15, 0.2) is 0 Å². The van der Waals surface area contributed by atoms with Crippen molar-refractivity contribution in [2.75, 3.05) is 0 Å². The molecule has 0 unspecified atom stereocenters. The minimum atomic E-state index is -4.67. The molecule has 0 spiro atoms. The summed E-state index contributed by atoms with van der Waals surface area (Å²) in [5.74, 6) is 0. The van der Waals surface area contributed by atoms with E-state index in [-0.39, 0.29) is 51.4 Å². The van der Waals surface area contributed by atoms with Crippen molar-refractivity contribution in [3.8, 4) is 0 Å². The van der Waals surface area contributed by atoms with E-state index in [0.29, 0.717) is 0 Å². The van der Waals surface area contributed by atoms with Gasteiger partial charge < -0.3 is 0 Å². The van der Waals surface area contributed by atoms with Gasteiger partial charge in [0.05, 0.1) is 0 Å². The predicted molar refractivity (Wildman–Crippen MR) is 40.8 cm³/mol. The van der Waals surface area contributed by atoms with Crippen molar-refractivity contribution >= 4 is 72.2 Å². The van der Waals surface area contributed by atoms with Crippen LogP contribution in [0, 0.1) is 0 Å². The van der Waals surface area contributed by atoms with Gasteiger partial charge in [-0.25, -0.2) is 0 Å². The molecule has 0 heterocycles. The van der Waals surface area contributed by atoms with Gasteiger partial charge in [-0.2, -0.15) is 16.8 Å². The van der Waals surface area contributed by atoms with Crippen LogP contribution in [0.3, 0.4) is 0 Å². The van der Waals surface area contributed by atoms with Crippen LogP contribution in [-0.2, 0) is 20.8 Å². The van der Waals surface area contributed by atoms with Crippen LogP contribution in [-0.4, -0.2) is 96.9 Å². The Kier molecular flexibility index (Phi) is 20.9. The third-order valence-electron chi connectivity index (χ3n) is 0. The molecule has 80 valence electrons. The predicted octanol–water partition coefficient (Wildman–Crippen LogP) is -1.94. The van der Waals surface area contributed by atoms with Crippen LogP contribution < -0.4 is 0 Å². The number of hydrogen-bond acceptors (Lipinski definition) is 6. The van der Waals surface area contributed by atoms with E-state index in [0.717, 1.165) is 0 Å². The van der Waals surface area contributed by atoms with E-state index in [1.54, 1.807) is 0 Å². The Hall–Kier alpha value is 1.30. The topological polar surface area (TPSA) is 190 Å². The molecule has 0 aliphatic carbocycles. The van der Waals surface area contributed by atoms with E-state index >= 15 is 0 Å². The van der Waals surface area contributed by atoms with Gasteiger partial charge in [0, 0.05) is 0 Å². The third-order valence-corrected chi connectivity index (χ3v) is 0. The van der Waals surface area contributed by atoms with Gasteiger partial charge in [0.1, 0.15) is 0 Å². The van der Waals surface area contributed by atoms with E-state index in [1.807, 2.05) is 0 Å². The zero-order chi connectivity index (χ0) is 11.0. The normalized spacial score (nSPS) is 9.38. The van der Waals surface area contributed by atoms with E-state index < -0.39 is 20.8 Å². The first-order valence-electron chi connectivity index (χ1n) is 1.60. The first-order chi connectivity index (χ1) is 5.00. The second-order valence-corrected chi connectivity index (χ2v) is 2.69. The van der Waals surface area contributed by atoms with Crippen molar-refractivity contribution in [1.82, 2.24) is 0 Å². The van der Waals surface area contributed by atoms with Crippen LogP contribution in [0.5, 0.6) is 0 Å². The molecule has 0 bridgehead atoms. The Morgan fingerprint density at radius 2 is 0.615 bits per heavy atom. The van der Waals surface area contributed by atoms with E-state index in [2.05, 4.69) is 0 Å². The summed E-state index contributed by atoms with van der Waals surface area (Å²) in [5.41, 5.74) is 0. The number of rotatable bonds is 0. The molecule has 13 heavy (non-hydrogen) atoms. The Morgan fingerprint density at radius 3 is 0.615 bits per heavy atom. The summed E-state index contributed by atoms with van der Waals surface area (Å²) in [6.07, 6.45) is 0. The molecular formula is H7KO10S2. The van der Waals surface area contributed by atoms with Crippen LogP contribution in [0.1, 0.15) is 0 Å². The van der Waals surface area contributed by atoms with Gasteiger partial charge in [-0.3, -0.25) is 28.7 Å². The third kappa shape index (κ3) is 1010. The van der Waals surface area contributed by atoms with Gasteiger partial charge in [-0.15, -0.1) is 0 Å². The molecule has 0 saturated heterocycles. The fourth-order valence-corrected chi connectivity index (χ4v) is 0. The van der Waals surface area contributed by atoms with Crippen molar-refractivity contribution in [2.24, 2.45) is 0 Å². The molecule has 0 aliphatic rings. The van der Waals surface area contributed by atoms with Crippen LogP contribution in [0.25, 0.3) is 0 Å². The summed E-state index contributed by atoms with van der Waals surface area (Å²) in [6.45, 7) is 0. The van der Waals surface area contributed by atoms with Crippen LogP contribution in [0.4, 0.5) is 0 Å². The van der Waals surface area contributed by atoms with Gasteiger partial charge in [0.25, 0.3) is 0 Å². The molecule has 0 fully saturated rings. The van der Waals surface area contributed by atoms with Crippen LogP contribution in [0.2, 0.25) is 0 Å². The maximum absolute atomic E-state index is 8.74. The van der Waals surface area contributed by atoms with Gasteiger partial charge in [0.2, 0.25) is 0 Å². The molecule has 0 saturated carbocycles. The summed E-state index contributed by atoms with van der Waals surface area (Å²) >= 11 is 0. The summed E-state index contributed by atoms with van der Waals surface area (Å²) in [4.78, 5) is 0. The zero-order valence-electron chi connectivity index (χ0n) is 5.13. The van der Waals surface area contributed by atoms with Gasteiger partial charge >= 0.3 is 72.2 Å². The Bertz CT molecular complexity index is 209. The minimum absolute atomic E-state index is 0. The molecule has 0 aromatic heterocycles. The van der Waals surface area contributed by atoms with E-state index in [9.17, 15) is 0 Å². The van der Waals surface area contributed by atoms with Crippen molar-refractivity contribution < 1.29 is 45.6 Å². The van der Waals surface area contributed by atoms with Gasteiger partial charge in [-0.1, -0.05) is 0 Å².